The molecule has 0 aliphatic heterocycles. The van der Waals surface area contributed by atoms with E-state index < -0.39 is 52.6 Å². The highest BCUT2D eigenvalue weighted by atomic mass is 16.6. The number of nitro groups is 2. The Morgan fingerprint density at radius 2 is 0.935 bits per heavy atom. The Morgan fingerprint density at radius 3 is 1.23 bits per heavy atom. The largest absolute Gasteiger partial charge is 0.426 e. The lowest BCUT2D eigenvalue weighted by molar-refractivity contribution is -0.385. The molecule has 0 N–H and O–H groups in total. The van der Waals surface area contributed by atoms with Crippen LogP contribution in [0, 0.1) is 20.2 Å². The summed E-state index contributed by atoms with van der Waals surface area (Å²) < 4.78 is 9.71. The molecule has 2 aromatic rings. The van der Waals surface area contributed by atoms with E-state index in [2.05, 4.69) is 0 Å². The van der Waals surface area contributed by atoms with Crippen molar-refractivity contribution in [2.24, 2.45) is 0 Å². The maximum Gasteiger partial charge on any atom is 0.318 e. The summed E-state index contributed by atoms with van der Waals surface area (Å²) in [6.45, 7) is 0. The van der Waals surface area contributed by atoms with Crippen molar-refractivity contribution in [3.8, 4) is 11.5 Å². The lowest BCUT2D eigenvalue weighted by Crippen LogP contribution is -2.19. The molecule has 0 aliphatic rings. The Labute approximate surface area is 173 Å². The molecule has 0 amide bonds. The second-order valence-corrected chi connectivity index (χ2v) is 6.06. The summed E-state index contributed by atoms with van der Waals surface area (Å²) in [6.07, 6.45) is -2.18. The third kappa shape index (κ3) is 7.45. The van der Waals surface area contributed by atoms with E-state index in [-0.39, 0.29) is 22.9 Å². The van der Waals surface area contributed by atoms with Crippen LogP contribution in [0.15, 0.2) is 48.5 Å². The van der Waals surface area contributed by atoms with Crippen LogP contribution in [0.25, 0.3) is 0 Å². The minimum atomic E-state index is -0.972. The summed E-state index contributed by atoms with van der Waals surface area (Å²) in [6, 6.07) is 9.18. The number of non-ortho nitro benzene ring substituents is 2. The van der Waals surface area contributed by atoms with E-state index in [1.807, 2.05) is 0 Å². The van der Waals surface area contributed by atoms with Crippen LogP contribution in [0.3, 0.4) is 0 Å². The SMILES string of the molecule is O=C(CC(=O)CC(=O)Oc1ccc([N+](=O)[O-])cc1)CC(=O)Oc1ccc([N+](=O)[O-])cc1. The van der Waals surface area contributed by atoms with Crippen molar-refractivity contribution in [1.82, 2.24) is 0 Å². The topological polar surface area (TPSA) is 173 Å². The highest BCUT2D eigenvalue weighted by Gasteiger charge is 2.19. The number of nitro benzene ring substituents is 2. The van der Waals surface area contributed by atoms with Crippen LogP contribution >= 0.6 is 0 Å². The van der Waals surface area contributed by atoms with Crippen LogP contribution in [-0.2, 0) is 19.2 Å². The van der Waals surface area contributed by atoms with E-state index >= 15 is 0 Å². The molecule has 0 radical (unpaired) electrons. The highest BCUT2D eigenvalue weighted by Crippen LogP contribution is 2.19. The molecule has 0 aliphatic carbocycles. The number of benzene rings is 2. The van der Waals surface area contributed by atoms with Gasteiger partial charge in [0.1, 0.15) is 24.3 Å². The predicted octanol–water partition coefficient (Wildman–Crippen LogP) is 2.32. The first-order valence-electron chi connectivity index (χ1n) is 8.57. The third-order valence-electron chi connectivity index (χ3n) is 3.64. The summed E-state index contributed by atoms with van der Waals surface area (Å²) in [7, 11) is 0. The lowest BCUT2D eigenvalue weighted by atomic mass is 10.1. The molecule has 31 heavy (non-hydrogen) atoms. The first-order valence-corrected chi connectivity index (χ1v) is 8.57. The van der Waals surface area contributed by atoms with Gasteiger partial charge in [-0.3, -0.25) is 39.4 Å². The smallest absolute Gasteiger partial charge is 0.318 e. The van der Waals surface area contributed by atoms with Crippen molar-refractivity contribution in [2.45, 2.75) is 19.3 Å². The standard InChI is InChI=1S/C19H14N2O10/c22-14(10-18(24)30-16-5-1-12(2-6-16)20(26)27)9-15(23)11-19(25)31-17-7-3-13(4-8-17)21(28)29/h1-8H,9-11H2. The molecule has 0 atom stereocenters. The predicted molar refractivity (Wildman–Crippen MR) is 101 cm³/mol. The van der Waals surface area contributed by atoms with Crippen LogP contribution < -0.4 is 9.47 Å². The minimum Gasteiger partial charge on any atom is -0.426 e. The number of esters is 2. The molecule has 0 aromatic heterocycles. The van der Waals surface area contributed by atoms with Gasteiger partial charge in [0.05, 0.1) is 16.3 Å². The Bertz CT molecular complexity index is 945. The van der Waals surface area contributed by atoms with Crippen molar-refractivity contribution in [3.05, 3.63) is 68.8 Å². The Balaban J connectivity index is 1.77. The van der Waals surface area contributed by atoms with Crippen LogP contribution in [0.5, 0.6) is 11.5 Å². The van der Waals surface area contributed by atoms with Gasteiger partial charge in [0.25, 0.3) is 11.4 Å². The van der Waals surface area contributed by atoms with Crippen molar-refractivity contribution < 1.29 is 38.5 Å². The summed E-state index contributed by atoms with van der Waals surface area (Å²) in [5, 5.41) is 21.1. The Kier molecular flexibility index (Phi) is 7.61. The number of carbonyl (C=O) groups excluding carboxylic acids is 4. The van der Waals surface area contributed by atoms with Crippen LogP contribution in [0.1, 0.15) is 19.3 Å². The van der Waals surface area contributed by atoms with Gasteiger partial charge >= 0.3 is 11.9 Å². The fourth-order valence-electron chi connectivity index (χ4n) is 2.27. The number of ketones is 2. The lowest BCUT2D eigenvalue weighted by Gasteiger charge is -2.05. The zero-order valence-electron chi connectivity index (χ0n) is 15.7. The van der Waals surface area contributed by atoms with Crippen LogP contribution in [-0.4, -0.2) is 33.4 Å². The molecular formula is C19H14N2O10. The van der Waals surface area contributed by atoms with E-state index in [1.165, 1.54) is 24.3 Å². The van der Waals surface area contributed by atoms with E-state index in [9.17, 15) is 39.4 Å². The van der Waals surface area contributed by atoms with Crippen LogP contribution in [0.2, 0.25) is 0 Å². The van der Waals surface area contributed by atoms with Gasteiger partial charge in [-0.25, -0.2) is 0 Å². The summed E-state index contributed by atoms with van der Waals surface area (Å²) in [4.78, 5) is 67.0. The number of nitrogens with zero attached hydrogens (tertiary/aromatic N) is 2. The zero-order chi connectivity index (χ0) is 23.0. The molecule has 2 aromatic carbocycles. The number of Topliss-reactive ketones (excluding diaryl/α,β-unsaturated/α-hetero) is 2. The number of carbonyl (C=O) groups is 4. The average Bonchev–Trinajstić information content (AvgIpc) is 2.68. The van der Waals surface area contributed by atoms with Crippen molar-refractivity contribution >= 4 is 34.9 Å². The molecule has 0 spiro atoms. The molecule has 0 heterocycles. The van der Waals surface area contributed by atoms with Gasteiger partial charge in [0.15, 0.2) is 11.6 Å². The normalized spacial score (nSPS) is 10.1. The molecule has 0 fully saturated rings. The van der Waals surface area contributed by atoms with E-state index in [0.29, 0.717) is 0 Å². The van der Waals surface area contributed by atoms with Crippen LogP contribution in [0.4, 0.5) is 11.4 Å². The Hall–Kier alpha value is -4.48. The monoisotopic (exact) mass is 430 g/mol. The molecule has 160 valence electrons. The number of hydrogen-bond acceptors (Lipinski definition) is 10. The summed E-state index contributed by atoms with van der Waals surface area (Å²) in [5.41, 5.74) is -0.413. The molecule has 0 saturated carbocycles. The van der Waals surface area contributed by atoms with Gasteiger partial charge in [-0.15, -0.1) is 0 Å². The summed E-state index contributed by atoms with van der Waals surface area (Å²) >= 11 is 0. The first kappa shape index (κ1) is 22.8. The summed E-state index contributed by atoms with van der Waals surface area (Å²) in [5.74, 6) is -3.55. The maximum atomic E-state index is 11.8. The Morgan fingerprint density at radius 1 is 0.613 bits per heavy atom. The van der Waals surface area contributed by atoms with Gasteiger partial charge in [0, 0.05) is 24.3 Å². The second kappa shape index (κ2) is 10.3. The molecular weight excluding hydrogens is 416 g/mol. The van der Waals surface area contributed by atoms with E-state index in [1.54, 1.807) is 0 Å². The molecule has 12 nitrogen and oxygen atoms in total. The fourth-order valence-corrected chi connectivity index (χ4v) is 2.27. The minimum absolute atomic E-state index is 0.0126. The van der Waals surface area contributed by atoms with Crippen molar-refractivity contribution in [3.63, 3.8) is 0 Å². The van der Waals surface area contributed by atoms with Gasteiger partial charge in [-0.05, 0) is 24.3 Å². The van der Waals surface area contributed by atoms with E-state index in [4.69, 9.17) is 9.47 Å². The van der Waals surface area contributed by atoms with Gasteiger partial charge in [0.2, 0.25) is 0 Å². The third-order valence-corrected chi connectivity index (χ3v) is 3.64. The van der Waals surface area contributed by atoms with Crippen molar-refractivity contribution in [1.29, 1.82) is 0 Å². The molecule has 0 unspecified atom stereocenters. The van der Waals surface area contributed by atoms with Crippen molar-refractivity contribution in [2.75, 3.05) is 0 Å². The first-order chi connectivity index (χ1) is 14.6. The van der Waals surface area contributed by atoms with E-state index in [0.717, 1.165) is 24.3 Å². The van der Waals surface area contributed by atoms with Gasteiger partial charge in [-0.2, -0.15) is 0 Å². The number of ether oxygens (including phenoxy) is 2. The maximum absolute atomic E-state index is 11.8. The quantitative estimate of drug-likeness (QED) is 0.179. The second-order valence-electron chi connectivity index (χ2n) is 6.06. The molecule has 0 bridgehead atoms. The number of hydrogen-bond donors (Lipinski definition) is 0. The number of rotatable bonds is 10. The molecule has 2 rings (SSSR count). The zero-order valence-corrected chi connectivity index (χ0v) is 15.7. The van der Waals surface area contributed by atoms with Gasteiger partial charge in [-0.1, -0.05) is 0 Å². The van der Waals surface area contributed by atoms with Gasteiger partial charge < -0.3 is 9.47 Å². The molecule has 12 heteroatoms. The average molecular weight is 430 g/mol. The fraction of sp³-hybridized carbons (Fsp3) is 0.158. The molecule has 0 saturated heterocycles. The highest BCUT2D eigenvalue weighted by molar-refractivity contribution is 6.09.